The number of amides is 1. The number of carboxylic acid groups (broad SMARTS) is 1. The molecule has 0 bridgehead atoms. The molecular weight excluding hydrogens is 338 g/mol. The number of imidazole rings is 1. The largest absolute Gasteiger partial charge is 0.477 e. The fourth-order valence-corrected chi connectivity index (χ4v) is 6.56. The Hall–Kier alpha value is -1.45. The maximum atomic E-state index is 12.2. The van der Waals surface area contributed by atoms with Crippen LogP contribution in [-0.2, 0) is 16.1 Å². The molecule has 0 radical (unpaired) electrons. The summed E-state index contributed by atoms with van der Waals surface area (Å²) in [6, 6.07) is 0. The zero-order valence-electron chi connectivity index (χ0n) is 12.2. The molecule has 0 aromatic carbocycles. The zero-order chi connectivity index (χ0) is 16.3. The summed E-state index contributed by atoms with van der Waals surface area (Å²) in [5.74, 6) is -1.92. The number of thioether (sulfide) groups is 2. The van der Waals surface area contributed by atoms with Crippen molar-refractivity contribution in [1.29, 1.82) is 0 Å². The van der Waals surface area contributed by atoms with E-state index in [-0.39, 0.29) is 22.2 Å². The van der Waals surface area contributed by atoms with Crippen molar-refractivity contribution < 1.29 is 19.8 Å². The SMILES string of the molecule is C[C@@H](O)[C@H]1C(=O)N2C(C(=O)O)=C(S[C@H]3CCn4cncc43)S[C@H]12. The molecule has 4 rings (SSSR count). The van der Waals surface area contributed by atoms with E-state index in [4.69, 9.17) is 0 Å². The summed E-state index contributed by atoms with van der Waals surface area (Å²) in [5.41, 5.74) is 1.14. The van der Waals surface area contributed by atoms with Crippen LogP contribution in [0, 0.1) is 5.92 Å². The number of aryl methyl sites for hydroxylation is 1. The molecular formula is C14H15N3O4S2. The number of carbonyl (C=O) groups excluding carboxylic acids is 1. The molecule has 0 spiro atoms. The Morgan fingerprint density at radius 1 is 1.57 bits per heavy atom. The molecule has 3 aliphatic heterocycles. The molecule has 0 aliphatic carbocycles. The van der Waals surface area contributed by atoms with Crippen LogP contribution in [0.2, 0.25) is 0 Å². The van der Waals surface area contributed by atoms with E-state index in [0.29, 0.717) is 4.24 Å². The average Bonchev–Trinajstić information content (AvgIpc) is 3.13. The van der Waals surface area contributed by atoms with Gasteiger partial charge in [0.15, 0.2) is 5.70 Å². The van der Waals surface area contributed by atoms with Gasteiger partial charge < -0.3 is 14.8 Å². The van der Waals surface area contributed by atoms with Crippen LogP contribution in [0.3, 0.4) is 0 Å². The summed E-state index contributed by atoms with van der Waals surface area (Å²) < 4.78 is 2.72. The van der Waals surface area contributed by atoms with Gasteiger partial charge in [-0.05, 0) is 13.3 Å². The number of aliphatic hydroxyl groups is 1. The third kappa shape index (κ3) is 2.14. The van der Waals surface area contributed by atoms with E-state index in [1.54, 1.807) is 13.3 Å². The van der Waals surface area contributed by atoms with Crippen LogP contribution in [0.4, 0.5) is 0 Å². The van der Waals surface area contributed by atoms with Gasteiger partial charge in [0.1, 0.15) is 5.37 Å². The highest BCUT2D eigenvalue weighted by Gasteiger charge is 2.58. The molecule has 23 heavy (non-hydrogen) atoms. The van der Waals surface area contributed by atoms with E-state index in [0.717, 1.165) is 18.7 Å². The number of β-lactam (4-membered cyclic amide) rings is 1. The number of carboxylic acids is 1. The first-order valence-electron chi connectivity index (χ1n) is 7.31. The number of aliphatic carboxylic acids is 1. The standard InChI is InChI=1S/C14H15N3O4S2/c1-6(18)9-11(19)17-10(13(20)21)14(23-12(9)17)22-8-2-3-16-5-15-4-7(8)16/h4-6,8-9,12,18H,2-3H2,1H3,(H,20,21)/t6-,8+,9+,12-/m1/s1. The number of hydrogen-bond donors (Lipinski definition) is 2. The monoisotopic (exact) mass is 353 g/mol. The lowest BCUT2D eigenvalue weighted by molar-refractivity contribution is -0.156. The Bertz CT molecular complexity index is 729. The summed E-state index contributed by atoms with van der Waals surface area (Å²) in [7, 11) is 0. The van der Waals surface area contributed by atoms with Crippen LogP contribution in [-0.4, -0.2) is 48.0 Å². The van der Waals surface area contributed by atoms with Gasteiger partial charge in [-0.3, -0.25) is 9.69 Å². The fourth-order valence-electron chi connectivity index (χ4n) is 3.27. The first kappa shape index (κ1) is 15.1. The molecule has 1 aromatic rings. The number of fused-ring (bicyclic) bond motifs is 2. The predicted octanol–water partition coefficient (Wildman–Crippen LogP) is 1.23. The Labute approximate surface area is 140 Å². The quantitative estimate of drug-likeness (QED) is 0.786. The number of aromatic nitrogens is 2. The molecule has 3 aliphatic rings. The summed E-state index contributed by atoms with van der Waals surface area (Å²) in [6.07, 6.45) is 3.73. The van der Waals surface area contributed by atoms with Crippen LogP contribution >= 0.6 is 23.5 Å². The second-order valence-electron chi connectivity index (χ2n) is 5.83. The van der Waals surface area contributed by atoms with Gasteiger partial charge in [-0.2, -0.15) is 0 Å². The van der Waals surface area contributed by atoms with Gasteiger partial charge in [0, 0.05) is 12.7 Å². The molecule has 0 unspecified atom stereocenters. The highest BCUT2D eigenvalue weighted by Crippen LogP contribution is 2.57. The number of aliphatic hydroxyl groups excluding tert-OH is 1. The Morgan fingerprint density at radius 3 is 3.04 bits per heavy atom. The zero-order valence-corrected chi connectivity index (χ0v) is 13.9. The van der Waals surface area contributed by atoms with E-state index >= 15 is 0 Å². The number of hydrogen-bond acceptors (Lipinski definition) is 6. The van der Waals surface area contributed by atoms with Gasteiger partial charge in [-0.1, -0.05) is 11.8 Å². The van der Waals surface area contributed by atoms with Crippen LogP contribution in [0.5, 0.6) is 0 Å². The van der Waals surface area contributed by atoms with Gasteiger partial charge in [0.25, 0.3) is 0 Å². The van der Waals surface area contributed by atoms with E-state index < -0.39 is 18.0 Å². The Balaban J connectivity index is 1.61. The minimum absolute atomic E-state index is 0.0601. The Morgan fingerprint density at radius 2 is 2.35 bits per heavy atom. The third-order valence-corrected chi connectivity index (χ3v) is 7.32. The molecule has 2 N–H and O–H groups in total. The highest BCUT2D eigenvalue weighted by molar-refractivity contribution is 8.22. The lowest BCUT2D eigenvalue weighted by Gasteiger charge is -2.43. The highest BCUT2D eigenvalue weighted by atomic mass is 32.2. The minimum atomic E-state index is -1.09. The summed E-state index contributed by atoms with van der Waals surface area (Å²) in [6.45, 7) is 2.44. The minimum Gasteiger partial charge on any atom is -0.477 e. The summed E-state index contributed by atoms with van der Waals surface area (Å²) in [5, 5.41) is 19.1. The van der Waals surface area contributed by atoms with Crippen LogP contribution < -0.4 is 0 Å². The fraction of sp³-hybridized carbons (Fsp3) is 0.500. The molecule has 122 valence electrons. The van der Waals surface area contributed by atoms with E-state index in [1.807, 2.05) is 6.20 Å². The summed E-state index contributed by atoms with van der Waals surface area (Å²) in [4.78, 5) is 29.2. The predicted molar refractivity (Wildman–Crippen MR) is 85.2 cm³/mol. The maximum Gasteiger partial charge on any atom is 0.354 e. The first-order chi connectivity index (χ1) is 11.0. The number of rotatable bonds is 4. The van der Waals surface area contributed by atoms with Gasteiger partial charge in [0.2, 0.25) is 5.91 Å². The Kier molecular flexibility index (Phi) is 3.47. The number of nitrogens with zero attached hydrogens (tertiary/aromatic N) is 3. The third-order valence-electron chi connectivity index (χ3n) is 4.42. The smallest absolute Gasteiger partial charge is 0.354 e. The van der Waals surface area contributed by atoms with Gasteiger partial charge in [-0.25, -0.2) is 9.78 Å². The maximum absolute atomic E-state index is 12.2. The van der Waals surface area contributed by atoms with Crippen molar-refractivity contribution in [3.63, 3.8) is 0 Å². The van der Waals surface area contributed by atoms with E-state index in [1.165, 1.54) is 28.4 Å². The second-order valence-corrected chi connectivity index (χ2v) is 8.43. The molecule has 4 heterocycles. The molecule has 1 saturated heterocycles. The van der Waals surface area contributed by atoms with Crippen molar-refractivity contribution in [1.82, 2.24) is 14.5 Å². The van der Waals surface area contributed by atoms with E-state index in [9.17, 15) is 19.8 Å². The van der Waals surface area contributed by atoms with Crippen LogP contribution in [0.1, 0.15) is 24.3 Å². The molecule has 1 fully saturated rings. The lowest BCUT2D eigenvalue weighted by atomic mass is 9.92. The molecule has 9 heteroatoms. The van der Waals surface area contributed by atoms with Gasteiger partial charge in [0.05, 0.1) is 33.5 Å². The molecule has 1 aromatic heterocycles. The van der Waals surface area contributed by atoms with Crippen molar-refractivity contribution >= 4 is 35.4 Å². The van der Waals surface area contributed by atoms with Crippen molar-refractivity contribution in [2.45, 2.75) is 36.6 Å². The second kappa shape index (κ2) is 5.29. The average molecular weight is 353 g/mol. The van der Waals surface area contributed by atoms with Crippen LogP contribution in [0.25, 0.3) is 0 Å². The van der Waals surface area contributed by atoms with Crippen molar-refractivity contribution in [2.75, 3.05) is 0 Å². The van der Waals surface area contributed by atoms with Crippen LogP contribution in [0.15, 0.2) is 22.5 Å². The lowest BCUT2D eigenvalue weighted by Crippen LogP contribution is -2.60. The van der Waals surface area contributed by atoms with E-state index in [2.05, 4.69) is 9.55 Å². The van der Waals surface area contributed by atoms with Gasteiger partial charge in [-0.15, -0.1) is 11.8 Å². The van der Waals surface area contributed by atoms with Crippen molar-refractivity contribution in [3.8, 4) is 0 Å². The molecule has 4 atom stereocenters. The normalized spacial score (nSPS) is 30.3. The summed E-state index contributed by atoms with van der Waals surface area (Å²) >= 11 is 2.87. The molecule has 1 amide bonds. The molecule has 0 saturated carbocycles. The molecule has 7 nitrogen and oxygen atoms in total. The number of carbonyl (C=O) groups is 2. The topological polar surface area (TPSA) is 95.7 Å². The van der Waals surface area contributed by atoms with Crippen molar-refractivity contribution in [2.24, 2.45) is 5.92 Å². The van der Waals surface area contributed by atoms with Gasteiger partial charge >= 0.3 is 5.97 Å². The first-order valence-corrected chi connectivity index (χ1v) is 9.07. The van der Waals surface area contributed by atoms with Crippen molar-refractivity contribution in [3.05, 3.63) is 28.2 Å².